The van der Waals surface area contributed by atoms with Gasteiger partial charge in [0.25, 0.3) is 10.0 Å². The normalized spacial score (nSPS) is 21.3. The van der Waals surface area contributed by atoms with Crippen molar-refractivity contribution < 1.29 is 13.2 Å². The molecule has 0 aliphatic carbocycles. The summed E-state index contributed by atoms with van der Waals surface area (Å²) in [6, 6.07) is 0.979. The molecule has 9 heteroatoms. The first-order chi connectivity index (χ1) is 8.98. The Bertz CT molecular complexity index is 572. The zero-order chi connectivity index (χ0) is 14.0. The van der Waals surface area contributed by atoms with Crippen molar-refractivity contribution in [3.63, 3.8) is 0 Å². The van der Waals surface area contributed by atoms with Crippen LogP contribution >= 0.6 is 27.3 Å². The third-order valence-electron chi connectivity index (χ3n) is 2.87. The molecule has 2 heterocycles. The first-order valence-corrected chi connectivity index (χ1v) is 8.77. The van der Waals surface area contributed by atoms with Gasteiger partial charge >= 0.3 is 0 Å². The lowest BCUT2D eigenvalue weighted by Gasteiger charge is -2.33. The van der Waals surface area contributed by atoms with Crippen molar-refractivity contribution in [1.29, 1.82) is 0 Å². The number of hydrogen-bond acceptors (Lipinski definition) is 5. The lowest BCUT2D eigenvalue weighted by molar-refractivity contribution is -0.124. The quantitative estimate of drug-likeness (QED) is 0.800. The molecule has 1 aliphatic heterocycles. The maximum atomic E-state index is 12.6. The molecule has 1 saturated heterocycles. The van der Waals surface area contributed by atoms with Crippen LogP contribution in [0.1, 0.15) is 0 Å². The number of hydrogen-bond donors (Lipinski definition) is 2. The van der Waals surface area contributed by atoms with Gasteiger partial charge in [-0.05, 0) is 27.4 Å². The van der Waals surface area contributed by atoms with Gasteiger partial charge in [-0.1, -0.05) is 0 Å². The Morgan fingerprint density at radius 3 is 2.95 bits per heavy atom. The van der Waals surface area contributed by atoms with Crippen molar-refractivity contribution in [2.45, 2.75) is 10.3 Å². The lowest BCUT2D eigenvalue weighted by Crippen LogP contribution is -2.58. The molecular formula is C10H14BrN3O3S2. The number of likely N-dealkylation sites (N-methyl/N-ethyl adjacent to an activating group) is 1. The number of piperazine rings is 1. The van der Waals surface area contributed by atoms with Crippen molar-refractivity contribution in [2.24, 2.45) is 0 Å². The average molecular weight is 368 g/mol. The summed E-state index contributed by atoms with van der Waals surface area (Å²) in [7, 11) is -2.15. The molecule has 0 spiro atoms. The van der Waals surface area contributed by atoms with Gasteiger partial charge in [0.15, 0.2) is 0 Å². The second-order valence-electron chi connectivity index (χ2n) is 4.01. The number of carbonyl (C=O) groups is 1. The fourth-order valence-corrected chi connectivity index (χ4v) is 5.95. The maximum Gasteiger partial charge on any atom is 0.254 e. The molecule has 1 unspecified atom stereocenters. The summed E-state index contributed by atoms with van der Waals surface area (Å²) in [6.07, 6.45) is 0. The second-order valence-corrected chi connectivity index (χ2v) is 7.86. The van der Waals surface area contributed by atoms with Crippen LogP contribution in [0.3, 0.4) is 0 Å². The van der Waals surface area contributed by atoms with Gasteiger partial charge in [-0.2, -0.15) is 4.31 Å². The highest BCUT2D eigenvalue weighted by atomic mass is 79.9. The van der Waals surface area contributed by atoms with Gasteiger partial charge < -0.3 is 10.6 Å². The summed E-state index contributed by atoms with van der Waals surface area (Å²) in [5.74, 6) is -0.302. The molecule has 0 radical (unpaired) electrons. The summed E-state index contributed by atoms with van der Waals surface area (Å²) in [5.41, 5.74) is 0. The molecule has 0 aromatic carbocycles. The van der Waals surface area contributed by atoms with E-state index >= 15 is 0 Å². The first-order valence-electron chi connectivity index (χ1n) is 5.65. The molecule has 1 aromatic heterocycles. The van der Waals surface area contributed by atoms with Crippen molar-refractivity contribution in [3.8, 4) is 0 Å². The van der Waals surface area contributed by atoms with Crippen LogP contribution in [0, 0.1) is 0 Å². The number of amides is 1. The van der Waals surface area contributed by atoms with Crippen molar-refractivity contribution in [2.75, 3.05) is 26.7 Å². The number of nitrogens with one attached hydrogen (secondary N) is 2. The topological polar surface area (TPSA) is 78.5 Å². The summed E-state index contributed by atoms with van der Waals surface area (Å²) in [4.78, 5) is 11.8. The molecule has 2 N–H and O–H groups in total. The van der Waals surface area contributed by atoms with Gasteiger partial charge in [-0.15, -0.1) is 11.3 Å². The number of sulfonamides is 1. The molecule has 1 amide bonds. The van der Waals surface area contributed by atoms with Gasteiger partial charge in [-0.3, -0.25) is 4.79 Å². The van der Waals surface area contributed by atoms with Crippen molar-refractivity contribution in [1.82, 2.24) is 14.9 Å². The highest BCUT2D eigenvalue weighted by Crippen LogP contribution is 2.31. The smallest absolute Gasteiger partial charge is 0.254 e. The Labute approximate surface area is 124 Å². The van der Waals surface area contributed by atoms with Crippen LogP contribution in [-0.2, 0) is 14.8 Å². The van der Waals surface area contributed by atoms with Gasteiger partial charge in [-0.25, -0.2) is 8.42 Å². The second kappa shape index (κ2) is 5.88. The summed E-state index contributed by atoms with van der Waals surface area (Å²) in [5, 5.41) is 7.24. The zero-order valence-electron chi connectivity index (χ0n) is 10.2. The fraction of sp³-hybridized carbons (Fsp3) is 0.500. The lowest BCUT2D eigenvalue weighted by atomic mass is 10.2. The highest BCUT2D eigenvalue weighted by Gasteiger charge is 2.38. The summed E-state index contributed by atoms with van der Waals surface area (Å²) < 4.78 is 27.2. The molecule has 19 heavy (non-hydrogen) atoms. The van der Waals surface area contributed by atoms with E-state index < -0.39 is 16.1 Å². The maximum absolute atomic E-state index is 12.6. The van der Waals surface area contributed by atoms with Crippen LogP contribution in [0.5, 0.6) is 0 Å². The number of carbonyl (C=O) groups excluding carboxylic acids is 1. The zero-order valence-corrected chi connectivity index (χ0v) is 13.4. The SMILES string of the molecule is CNC(=O)C1CNCCN1S(=O)(=O)c1sccc1Br. The van der Waals surface area contributed by atoms with E-state index in [1.807, 2.05) is 0 Å². The van der Waals surface area contributed by atoms with Gasteiger partial charge in [0.2, 0.25) is 5.91 Å². The van der Waals surface area contributed by atoms with E-state index in [-0.39, 0.29) is 16.7 Å². The van der Waals surface area contributed by atoms with E-state index in [2.05, 4.69) is 26.6 Å². The van der Waals surface area contributed by atoms with Crippen molar-refractivity contribution >= 4 is 43.2 Å². The third-order valence-corrected chi connectivity index (χ3v) is 7.43. The highest BCUT2D eigenvalue weighted by molar-refractivity contribution is 9.10. The minimum atomic E-state index is -3.65. The Morgan fingerprint density at radius 1 is 1.63 bits per heavy atom. The van der Waals surface area contributed by atoms with Gasteiger partial charge in [0, 0.05) is 31.2 Å². The Hall–Kier alpha value is -0.480. The van der Waals surface area contributed by atoms with E-state index in [9.17, 15) is 13.2 Å². The van der Waals surface area contributed by atoms with E-state index in [0.29, 0.717) is 17.6 Å². The largest absolute Gasteiger partial charge is 0.358 e. The molecule has 1 fully saturated rings. The molecule has 6 nitrogen and oxygen atoms in total. The Morgan fingerprint density at radius 2 is 2.37 bits per heavy atom. The van der Waals surface area contributed by atoms with Crippen molar-refractivity contribution in [3.05, 3.63) is 15.9 Å². The Kier molecular flexibility index (Phi) is 4.62. The van der Waals surface area contributed by atoms with Crippen LogP contribution in [0.4, 0.5) is 0 Å². The molecule has 0 saturated carbocycles. The Balaban J connectivity index is 2.37. The monoisotopic (exact) mass is 367 g/mol. The standard InChI is InChI=1S/C10H14BrN3O3S2/c1-12-9(15)8-6-13-3-4-14(8)19(16,17)10-7(11)2-5-18-10/h2,5,8,13H,3-4,6H2,1H3,(H,12,15). The van der Waals surface area contributed by atoms with E-state index in [1.54, 1.807) is 11.4 Å². The minimum absolute atomic E-state index is 0.239. The number of halogens is 1. The van der Waals surface area contributed by atoms with E-state index in [1.165, 1.54) is 11.4 Å². The van der Waals surface area contributed by atoms with Crippen LogP contribution in [0.25, 0.3) is 0 Å². The molecule has 2 rings (SSSR count). The average Bonchev–Trinajstić information content (AvgIpc) is 2.85. The van der Waals surface area contributed by atoms with Crippen LogP contribution in [0.2, 0.25) is 0 Å². The molecule has 1 aromatic rings. The number of rotatable bonds is 3. The summed E-state index contributed by atoms with van der Waals surface area (Å²) in [6.45, 7) is 1.14. The van der Waals surface area contributed by atoms with Crippen LogP contribution in [0.15, 0.2) is 20.1 Å². The van der Waals surface area contributed by atoms with E-state index in [4.69, 9.17) is 0 Å². The number of nitrogens with zero attached hydrogens (tertiary/aromatic N) is 1. The fourth-order valence-electron chi connectivity index (χ4n) is 1.93. The predicted molar refractivity (Wildman–Crippen MR) is 76.6 cm³/mol. The van der Waals surface area contributed by atoms with Gasteiger partial charge in [0.05, 0.1) is 0 Å². The van der Waals surface area contributed by atoms with Crippen LogP contribution in [-0.4, -0.2) is 51.4 Å². The molecule has 106 valence electrons. The third kappa shape index (κ3) is 2.84. The molecule has 0 bridgehead atoms. The molecule has 1 atom stereocenters. The number of thiophene rings is 1. The summed E-state index contributed by atoms with van der Waals surface area (Å²) >= 11 is 4.37. The van der Waals surface area contributed by atoms with E-state index in [0.717, 1.165) is 11.3 Å². The first kappa shape index (κ1) is 14.9. The van der Waals surface area contributed by atoms with Crippen LogP contribution < -0.4 is 10.6 Å². The molecule has 1 aliphatic rings. The van der Waals surface area contributed by atoms with Gasteiger partial charge in [0.1, 0.15) is 10.3 Å². The predicted octanol–water partition coefficient (Wildman–Crippen LogP) is 0.219. The minimum Gasteiger partial charge on any atom is -0.358 e. The molecular weight excluding hydrogens is 354 g/mol.